The lowest BCUT2D eigenvalue weighted by Gasteiger charge is -2.40. The van der Waals surface area contributed by atoms with E-state index in [0.717, 1.165) is 76.2 Å². The second-order valence-electron chi connectivity index (χ2n) is 8.72. The minimum Gasteiger partial charge on any atom is -0.379 e. The maximum Gasteiger partial charge on any atom is 0.255 e. The van der Waals surface area contributed by atoms with E-state index < -0.39 is 0 Å². The van der Waals surface area contributed by atoms with Crippen LogP contribution in [0.15, 0.2) is 36.5 Å². The number of amides is 1. The number of morpholine rings is 1. The molecule has 1 aromatic carbocycles. The predicted molar refractivity (Wildman–Crippen MR) is 111 cm³/mol. The van der Waals surface area contributed by atoms with Gasteiger partial charge in [-0.15, -0.1) is 0 Å². The summed E-state index contributed by atoms with van der Waals surface area (Å²) >= 11 is 0. The summed E-state index contributed by atoms with van der Waals surface area (Å²) in [7, 11) is 0. The average Bonchev–Trinajstić information content (AvgIpc) is 3.15. The molecule has 4 heterocycles. The molecule has 6 nitrogen and oxygen atoms in total. The normalized spacial score (nSPS) is 28.3. The topological polar surface area (TPSA) is 54.9 Å². The van der Waals surface area contributed by atoms with Gasteiger partial charge in [0.2, 0.25) is 0 Å². The van der Waals surface area contributed by atoms with Crippen molar-refractivity contribution in [1.82, 2.24) is 14.8 Å². The van der Waals surface area contributed by atoms with Crippen LogP contribution in [0.2, 0.25) is 0 Å². The number of fused-ring (bicyclic) bond motifs is 1. The maximum atomic E-state index is 13.2. The van der Waals surface area contributed by atoms with Gasteiger partial charge in [0.15, 0.2) is 0 Å². The Kier molecular flexibility index (Phi) is 5.24. The Hall–Kier alpha value is -2.02. The van der Waals surface area contributed by atoms with Crippen molar-refractivity contribution in [3.05, 3.63) is 42.1 Å². The highest BCUT2D eigenvalue weighted by Crippen LogP contribution is 2.38. The van der Waals surface area contributed by atoms with E-state index in [0.29, 0.717) is 18.0 Å². The van der Waals surface area contributed by atoms with E-state index in [2.05, 4.69) is 9.88 Å². The van der Waals surface area contributed by atoms with Gasteiger partial charge in [0.25, 0.3) is 5.91 Å². The van der Waals surface area contributed by atoms with E-state index in [1.165, 1.54) is 0 Å². The molecular weight excluding hydrogens is 366 g/mol. The molecule has 154 valence electrons. The summed E-state index contributed by atoms with van der Waals surface area (Å²) in [6, 6.07) is 9.89. The zero-order chi connectivity index (χ0) is 19.7. The fraction of sp³-hybridized carbons (Fsp3) is 0.565. The number of benzene rings is 1. The standard InChI is InChI=1S/C23H29N3O3/c27-22(20-12-19-4-1-2-5-21(19)24-14-20)26-7-3-6-23(17-26)13-18(16-29-23)15-25-8-10-28-11-9-25/h1-2,4-5,12,14,18H,3,6-11,13,15-17H2/t18-,23-/m0/s1. The number of carbonyl (C=O) groups excluding carboxylic acids is 1. The van der Waals surface area contributed by atoms with Crippen LogP contribution in [0.5, 0.6) is 0 Å². The lowest BCUT2D eigenvalue weighted by atomic mass is 9.86. The summed E-state index contributed by atoms with van der Waals surface area (Å²) in [5.74, 6) is 0.619. The molecule has 1 amide bonds. The third kappa shape index (κ3) is 4.02. The summed E-state index contributed by atoms with van der Waals surface area (Å²) in [6.07, 6.45) is 4.80. The number of aromatic nitrogens is 1. The summed E-state index contributed by atoms with van der Waals surface area (Å²) in [4.78, 5) is 22.1. The van der Waals surface area contributed by atoms with E-state index >= 15 is 0 Å². The van der Waals surface area contributed by atoms with E-state index in [4.69, 9.17) is 9.47 Å². The molecule has 0 radical (unpaired) electrons. The molecule has 0 unspecified atom stereocenters. The molecule has 3 aliphatic rings. The van der Waals surface area contributed by atoms with Crippen molar-refractivity contribution in [2.24, 2.45) is 5.92 Å². The largest absolute Gasteiger partial charge is 0.379 e. The number of ether oxygens (including phenoxy) is 2. The van der Waals surface area contributed by atoms with Gasteiger partial charge in [0.05, 0.1) is 36.5 Å². The lowest BCUT2D eigenvalue weighted by Crippen LogP contribution is -2.50. The molecular formula is C23H29N3O3. The molecule has 2 atom stereocenters. The highest BCUT2D eigenvalue weighted by molar-refractivity contribution is 5.97. The van der Waals surface area contributed by atoms with Crippen molar-refractivity contribution in [3.63, 3.8) is 0 Å². The number of pyridine rings is 1. The Morgan fingerprint density at radius 2 is 2.07 bits per heavy atom. The fourth-order valence-corrected chi connectivity index (χ4v) is 5.13. The molecule has 2 aromatic rings. The number of rotatable bonds is 3. The Labute approximate surface area is 171 Å². The average molecular weight is 396 g/mol. The predicted octanol–water partition coefficient (Wildman–Crippen LogP) is 2.58. The second-order valence-corrected chi connectivity index (χ2v) is 8.72. The Morgan fingerprint density at radius 3 is 2.97 bits per heavy atom. The van der Waals surface area contributed by atoms with Crippen LogP contribution < -0.4 is 0 Å². The van der Waals surface area contributed by atoms with Gasteiger partial charge in [-0.1, -0.05) is 18.2 Å². The second kappa shape index (κ2) is 8.01. The zero-order valence-corrected chi connectivity index (χ0v) is 16.9. The molecule has 0 bridgehead atoms. The highest BCUT2D eigenvalue weighted by atomic mass is 16.5. The first-order chi connectivity index (χ1) is 14.2. The van der Waals surface area contributed by atoms with Crippen LogP contribution in [0.3, 0.4) is 0 Å². The molecule has 3 saturated heterocycles. The minimum atomic E-state index is -0.171. The first kappa shape index (κ1) is 19.0. The Bertz CT molecular complexity index is 883. The van der Waals surface area contributed by atoms with Crippen molar-refractivity contribution in [3.8, 4) is 0 Å². The quantitative estimate of drug-likeness (QED) is 0.800. The first-order valence-corrected chi connectivity index (χ1v) is 10.8. The molecule has 0 saturated carbocycles. The molecule has 0 N–H and O–H groups in total. The van der Waals surface area contributed by atoms with Crippen LogP contribution >= 0.6 is 0 Å². The summed E-state index contributed by atoms with van der Waals surface area (Å²) in [5.41, 5.74) is 1.42. The van der Waals surface area contributed by atoms with Crippen molar-refractivity contribution < 1.29 is 14.3 Å². The molecule has 29 heavy (non-hydrogen) atoms. The Balaban J connectivity index is 1.25. The van der Waals surface area contributed by atoms with Crippen LogP contribution in [-0.2, 0) is 9.47 Å². The molecule has 3 aliphatic heterocycles. The zero-order valence-electron chi connectivity index (χ0n) is 16.9. The van der Waals surface area contributed by atoms with Crippen LogP contribution in [-0.4, -0.2) is 78.8 Å². The molecule has 3 fully saturated rings. The van der Waals surface area contributed by atoms with Crippen LogP contribution in [0.1, 0.15) is 29.6 Å². The number of hydrogen-bond donors (Lipinski definition) is 0. The van der Waals surface area contributed by atoms with Crippen LogP contribution in [0.25, 0.3) is 10.9 Å². The number of nitrogens with zero attached hydrogens (tertiary/aromatic N) is 3. The van der Waals surface area contributed by atoms with Gasteiger partial charge in [0, 0.05) is 44.3 Å². The highest BCUT2D eigenvalue weighted by Gasteiger charge is 2.44. The van der Waals surface area contributed by atoms with Gasteiger partial charge in [-0.25, -0.2) is 0 Å². The van der Waals surface area contributed by atoms with Crippen LogP contribution in [0, 0.1) is 5.92 Å². The smallest absolute Gasteiger partial charge is 0.255 e. The van der Waals surface area contributed by atoms with Crippen molar-refractivity contribution in [2.75, 3.05) is 52.5 Å². The maximum absolute atomic E-state index is 13.2. The Morgan fingerprint density at radius 1 is 1.21 bits per heavy atom. The van der Waals surface area contributed by atoms with Gasteiger partial charge in [-0.2, -0.15) is 0 Å². The van der Waals surface area contributed by atoms with Gasteiger partial charge in [0.1, 0.15) is 0 Å². The third-order valence-corrected chi connectivity index (χ3v) is 6.57. The summed E-state index contributed by atoms with van der Waals surface area (Å²) in [6.45, 7) is 7.07. The van der Waals surface area contributed by atoms with Crippen molar-refractivity contribution in [1.29, 1.82) is 0 Å². The van der Waals surface area contributed by atoms with Gasteiger partial charge in [-0.05, 0) is 37.3 Å². The van der Waals surface area contributed by atoms with E-state index in [-0.39, 0.29) is 11.5 Å². The van der Waals surface area contributed by atoms with E-state index in [1.54, 1.807) is 6.20 Å². The van der Waals surface area contributed by atoms with Gasteiger partial charge >= 0.3 is 0 Å². The number of piperidine rings is 1. The lowest BCUT2D eigenvalue weighted by molar-refractivity contribution is -0.0451. The van der Waals surface area contributed by atoms with Gasteiger partial charge in [-0.3, -0.25) is 14.7 Å². The monoisotopic (exact) mass is 395 g/mol. The molecule has 6 heteroatoms. The van der Waals surface area contributed by atoms with Crippen molar-refractivity contribution in [2.45, 2.75) is 24.9 Å². The summed E-state index contributed by atoms with van der Waals surface area (Å²) < 4.78 is 11.8. The molecule has 1 spiro atoms. The minimum absolute atomic E-state index is 0.0718. The molecule has 5 rings (SSSR count). The van der Waals surface area contributed by atoms with Gasteiger partial charge < -0.3 is 14.4 Å². The summed E-state index contributed by atoms with van der Waals surface area (Å²) in [5, 5.41) is 1.01. The van der Waals surface area contributed by atoms with E-state index in [1.807, 2.05) is 35.2 Å². The molecule has 0 aliphatic carbocycles. The van der Waals surface area contributed by atoms with Crippen molar-refractivity contribution >= 4 is 16.8 Å². The number of para-hydroxylation sites is 1. The number of carbonyl (C=O) groups is 1. The first-order valence-electron chi connectivity index (χ1n) is 10.8. The number of hydrogen-bond acceptors (Lipinski definition) is 5. The van der Waals surface area contributed by atoms with E-state index in [9.17, 15) is 4.79 Å². The third-order valence-electron chi connectivity index (χ3n) is 6.57. The SMILES string of the molecule is O=C(c1cnc2ccccc2c1)N1CCC[C@]2(C[C@@H](CN3CCOCC3)CO2)C1. The number of likely N-dealkylation sites (tertiary alicyclic amines) is 1. The fourth-order valence-electron chi connectivity index (χ4n) is 5.13. The molecule has 1 aromatic heterocycles. The van der Waals surface area contributed by atoms with Crippen LogP contribution in [0.4, 0.5) is 0 Å².